The summed E-state index contributed by atoms with van der Waals surface area (Å²) >= 11 is 5.83. The standard InChI is InChI=1S/C18H13ClFNO4/c1-10-13-6-3-7-14(20)17(13)25-16(10)18(23)24-9-15(22)21-12-5-2-4-11(19)8-12/h2-8H,9H2,1H3,(H,21,22). The zero-order valence-corrected chi connectivity index (χ0v) is 13.9. The smallest absolute Gasteiger partial charge is 0.375 e. The topological polar surface area (TPSA) is 68.5 Å². The maximum atomic E-state index is 13.7. The summed E-state index contributed by atoms with van der Waals surface area (Å²) in [6, 6.07) is 11.0. The summed E-state index contributed by atoms with van der Waals surface area (Å²) < 4.78 is 23.9. The molecule has 0 radical (unpaired) electrons. The summed E-state index contributed by atoms with van der Waals surface area (Å²) in [5, 5.41) is 3.50. The Morgan fingerprint density at radius 1 is 1.24 bits per heavy atom. The second-order valence-corrected chi connectivity index (χ2v) is 5.74. The molecule has 0 spiro atoms. The summed E-state index contributed by atoms with van der Waals surface area (Å²) in [6.45, 7) is 1.11. The maximum absolute atomic E-state index is 13.7. The number of benzene rings is 2. The number of furan rings is 1. The third kappa shape index (κ3) is 3.64. The van der Waals surface area contributed by atoms with Crippen LogP contribution in [0.4, 0.5) is 10.1 Å². The lowest BCUT2D eigenvalue weighted by Gasteiger charge is -2.06. The van der Waals surface area contributed by atoms with Gasteiger partial charge in [0.1, 0.15) is 0 Å². The molecule has 0 saturated heterocycles. The van der Waals surface area contributed by atoms with E-state index >= 15 is 0 Å². The number of hydrogen-bond donors (Lipinski definition) is 1. The van der Waals surface area contributed by atoms with Crippen molar-refractivity contribution in [1.82, 2.24) is 0 Å². The van der Waals surface area contributed by atoms with Crippen molar-refractivity contribution in [2.75, 3.05) is 11.9 Å². The van der Waals surface area contributed by atoms with Crippen LogP contribution in [-0.4, -0.2) is 18.5 Å². The fourth-order valence-electron chi connectivity index (χ4n) is 2.36. The van der Waals surface area contributed by atoms with Crippen LogP contribution in [0.15, 0.2) is 46.9 Å². The third-order valence-corrected chi connectivity index (χ3v) is 3.78. The van der Waals surface area contributed by atoms with Crippen molar-refractivity contribution in [3.05, 3.63) is 64.6 Å². The molecule has 3 rings (SSSR count). The first-order valence-corrected chi connectivity index (χ1v) is 7.73. The van der Waals surface area contributed by atoms with E-state index in [4.69, 9.17) is 20.8 Å². The van der Waals surface area contributed by atoms with Gasteiger partial charge in [0, 0.05) is 21.7 Å². The van der Waals surface area contributed by atoms with E-state index in [-0.39, 0.29) is 11.3 Å². The number of carbonyl (C=O) groups excluding carboxylic acids is 2. The quantitative estimate of drug-likeness (QED) is 0.702. The van der Waals surface area contributed by atoms with Gasteiger partial charge in [0.15, 0.2) is 18.0 Å². The minimum atomic E-state index is -0.839. The lowest BCUT2D eigenvalue weighted by molar-refractivity contribution is -0.119. The summed E-state index contributed by atoms with van der Waals surface area (Å²) in [4.78, 5) is 24.0. The highest BCUT2D eigenvalue weighted by Gasteiger charge is 2.21. The van der Waals surface area contributed by atoms with Crippen LogP contribution >= 0.6 is 11.6 Å². The highest BCUT2D eigenvalue weighted by molar-refractivity contribution is 6.30. The molecule has 0 atom stereocenters. The molecule has 2 aromatic carbocycles. The van der Waals surface area contributed by atoms with Crippen molar-refractivity contribution < 1.29 is 23.1 Å². The molecule has 128 valence electrons. The van der Waals surface area contributed by atoms with Crippen LogP contribution in [0, 0.1) is 12.7 Å². The molecule has 1 amide bonds. The van der Waals surface area contributed by atoms with E-state index in [9.17, 15) is 14.0 Å². The van der Waals surface area contributed by atoms with Crippen molar-refractivity contribution in [3.8, 4) is 0 Å². The first-order valence-electron chi connectivity index (χ1n) is 7.36. The van der Waals surface area contributed by atoms with Gasteiger partial charge in [-0.1, -0.05) is 29.8 Å². The molecule has 0 aliphatic carbocycles. The summed E-state index contributed by atoms with van der Waals surface area (Å²) in [5.41, 5.74) is 0.917. The van der Waals surface area contributed by atoms with Gasteiger partial charge >= 0.3 is 5.97 Å². The van der Waals surface area contributed by atoms with Crippen LogP contribution in [0.1, 0.15) is 16.1 Å². The number of fused-ring (bicyclic) bond motifs is 1. The zero-order valence-electron chi connectivity index (χ0n) is 13.1. The maximum Gasteiger partial charge on any atom is 0.375 e. The van der Waals surface area contributed by atoms with Gasteiger partial charge in [-0.2, -0.15) is 0 Å². The van der Waals surface area contributed by atoms with Crippen molar-refractivity contribution in [2.45, 2.75) is 6.92 Å². The molecule has 1 heterocycles. The van der Waals surface area contributed by atoms with Crippen LogP contribution in [0.3, 0.4) is 0 Å². The number of aryl methyl sites for hydroxylation is 1. The Hall–Kier alpha value is -2.86. The Kier molecular flexibility index (Phi) is 4.72. The molecule has 3 aromatic rings. The van der Waals surface area contributed by atoms with Gasteiger partial charge in [-0.05, 0) is 31.2 Å². The van der Waals surface area contributed by atoms with Crippen molar-refractivity contribution >= 4 is 40.1 Å². The van der Waals surface area contributed by atoms with Crippen LogP contribution in [0.2, 0.25) is 5.02 Å². The van der Waals surface area contributed by atoms with Gasteiger partial charge in [-0.3, -0.25) is 4.79 Å². The van der Waals surface area contributed by atoms with Crippen LogP contribution in [0.25, 0.3) is 11.0 Å². The fourth-order valence-corrected chi connectivity index (χ4v) is 2.55. The number of hydrogen-bond acceptors (Lipinski definition) is 4. The number of ether oxygens (including phenoxy) is 1. The molecule has 1 aromatic heterocycles. The van der Waals surface area contributed by atoms with Gasteiger partial charge in [0.2, 0.25) is 5.76 Å². The molecule has 0 fully saturated rings. The Morgan fingerprint density at radius 2 is 2.00 bits per heavy atom. The van der Waals surface area contributed by atoms with Gasteiger partial charge in [0.05, 0.1) is 0 Å². The molecular formula is C18H13ClFNO4. The molecule has 5 nitrogen and oxygen atoms in total. The first-order chi connectivity index (χ1) is 12.0. The van der Waals surface area contributed by atoms with Crippen molar-refractivity contribution in [2.24, 2.45) is 0 Å². The van der Waals surface area contributed by atoms with E-state index in [1.165, 1.54) is 12.1 Å². The van der Waals surface area contributed by atoms with Gasteiger partial charge < -0.3 is 14.5 Å². The van der Waals surface area contributed by atoms with E-state index in [1.54, 1.807) is 37.3 Å². The first kappa shape index (κ1) is 17.0. The predicted molar refractivity (Wildman–Crippen MR) is 91.3 cm³/mol. The largest absolute Gasteiger partial charge is 0.450 e. The molecule has 0 bridgehead atoms. The number of carbonyl (C=O) groups is 2. The van der Waals surface area contributed by atoms with Gasteiger partial charge in [0.25, 0.3) is 5.91 Å². The van der Waals surface area contributed by atoms with E-state index in [0.717, 1.165) is 0 Å². The lowest BCUT2D eigenvalue weighted by atomic mass is 10.1. The van der Waals surface area contributed by atoms with E-state index < -0.39 is 24.3 Å². The normalized spacial score (nSPS) is 10.7. The number of halogens is 2. The van der Waals surface area contributed by atoms with E-state index in [2.05, 4.69) is 5.32 Å². The minimum Gasteiger partial charge on any atom is -0.450 e. The second-order valence-electron chi connectivity index (χ2n) is 5.31. The number of nitrogens with one attached hydrogen (secondary N) is 1. The Balaban J connectivity index is 1.67. The van der Waals surface area contributed by atoms with Crippen LogP contribution < -0.4 is 5.32 Å². The Morgan fingerprint density at radius 3 is 2.72 bits per heavy atom. The zero-order chi connectivity index (χ0) is 18.0. The molecule has 0 aliphatic rings. The molecule has 0 aliphatic heterocycles. The molecule has 7 heteroatoms. The van der Waals surface area contributed by atoms with Crippen LogP contribution in [0.5, 0.6) is 0 Å². The molecule has 25 heavy (non-hydrogen) atoms. The fraction of sp³-hybridized carbons (Fsp3) is 0.111. The summed E-state index contributed by atoms with van der Waals surface area (Å²) in [5.74, 6) is -2.07. The predicted octanol–water partition coefficient (Wildman–Crippen LogP) is 4.33. The monoisotopic (exact) mass is 361 g/mol. The number of esters is 1. The molecule has 0 saturated carbocycles. The van der Waals surface area contributed by atoms with Crippen molar-refractivity contribution in [1.29, 1.82) is 0 Å². The second kappa shape index (κ2) is 6.94. The Bertz CT molecular complexity index is 967. The van der Waals surface area contributed by atoms with Gasteiger partial charge in [-0.25, -0.2) is 9.18 Å². The summed E-state index contributed by atoms with van der Waals surface area (Å²) in [6.07, 6.45) is 0. The molecule has 1 N–H and O–H groups in total. The highest BCUT2D eigenvalue weighted by Crippen LogP contribution is 2.27. The minimum absolute atomic E-state index is 0.0182. The SMILES string of the molecule is Cc1c(C(=O)OCC(=O)Nc2cccc(Cl)c2)oc2c(F)cccc12. The summed E-state index contributed by atoms with van der Waals surface area (Å²) in [7, 11) is 0. The Labute approximate surface area is 147 Å². The van der Waals surface area contributed by atoms with E-state index in [1.807, 2.05) is 0 Å². The number of para-hydroxylation sites is 1. The number of amides is 1. The average Bonchev–Trinajstić information content (AvgIpc) is 2.91. The molecular weight excluding hydrogens is 349 g/mol. The lowest BCUT2D eigenvalue weighted by Crippen LogP contribution is -2.21. The van der Waals surface area contributed by atoms with Crippen molar-refractivity contribution in [3.63, 3.8) is 0 Å². The number of rotatable bonds is 4. The number of anilines is 1. The third-order valence-electron chi connectivity index (χ3n) is 3.54. The average molecular weight is 362 g/mol. The molecule has 0 unspecified atom stereocenters. The highest BCUT2D eigenvalue weighted by atomic mass is 35.5. The van der Waals surface area contributed by atoms with Crippen LogP contribution in [-0.2, 0) is 9.53 Å². The van der Waals surface area contributed by atoms with Gasteiger partial charge in [-0.15, -0.1) is 0 Å². The van der Waals surface area contributed by atoms with E-state index in [0.29, 0.717) is 21.7 Å².